The predicted molar refractivity (Wildman–Crippen MR) is 68.7 cm³/mol. The lowest BCUT2D eigenvalue weighted by Gasteiger charge is -2.33. The number of nitrogens with zero attached hydrogens (tertiary/aromatic N) is 2. The van der Waals surface area contributed by atoms with Crippen LogP contribution in [0.4, 0.5) is 0 Å². The van der Waals surface area contributed by atoms with Crippen LogP contribution in [0.25, 0.3) is 0 Å². The predicted octanol–water partition coefficient (Wildman–Crippen LogP) is 1.42. The Hall–Kier alpha value is -0.120. The molecule has 3 heteroatoms. The first-order chi connectivity index (χ1) is 7.72. The number of unbranched alkanes of at least 4 members (excludes halogenated alkanes) is 2. The van der Waals surface area contributed by atoms with Gasteiger partial charge in [0.2, 0.25) is 0 Å². The summed E-state index contributed by atoms with van der Waals surface area (Å²) in [7, 11) is 4.34. The first-order valence-electron chi connectivity index (χ1n) is 6.70. The van der Waals surface area contributed by atoms with Crippen LogP contribution in [0.1, 0.15) is 32.1 Å². The maximum absolute atomic E-state index is 8.70. The largest absolute Gasteiger partial charge is 0.396 e. The van der Waals surface area contributed by atoms with Crippen LogP contribution in [0, 0.1) is 5.92 Å². The van der Waals surface area contributed by atoms with Crippen LogP contribution in [0.2, 0.25) is 0 Å². The summed E-state index contributed by atoms with van der Waals surface area (Å²) in [6.07, 6.45) is 6.11. The molecule has 1 rings (SSSR count). The summed E-state index contributed by atoms with van der Waals surface area (Å²) < 4.78 is 0. The van der Waals surface area contributed by atoms with E-state index in [0.717, 1.165) is 12.3 Å². The van der Waals surface area contributed by atoms with Crippen molar-refractivity contribution in [3.05, 3.63) is 0 Å². The Labute approximate surface area is 100 Å². The highest BCUT2D eigenvalue weighted by Gasteiger charge is 2.18. The van der Waals surface area contributed by atoms with Gasteiger partial charge in [0.25, 0.3) is 0 Å². The minimum atomic E-state index is 0.352. The zero-order chi connectivity index (χ0) is 11.8. The Morgan fingerprint density at radius 3 is 2.38 bits per heavy atom. The third kappa shape index (κ3) is 5.83. The van der Waals surface area contributed by atoms with Crippen LogP contribution < -0.4 is 0 Å². The summed E-state index contributed by atoms with van der Waals surface area (Å²) in [6, 6.07) is 0. The third-order valence-corrected chi connectivity index (χ3v) is 3.46. The second kappa shape index (κ2) is 8.04. The van der Waals surface area contributed by atoms with Crippen molar-refractivity contribution < 1.29 is 5.11 Å². The average Bonchev–Trinajstić information content (AvgIpc) is 2.26. The molecule has 0 aliphatic carbocycles. The summed E-state index contributed by atoms with van der Waals surface area (Å²) in [5.74, 6) is 0.906. The maximum atomic E-state index is 8.70. The molecule has 1 aliphatic heterocycles. The van der Waals surface area contributed by atoms with Crippen LogP contribution in [0.15, 0.2) is 0 Å². The Morgan fingerprint density at radius 1 is 1.12 bits per heavy atom. The van der Waals surface area contributed by atoms with E-state index in [2.05, 4.69) is 23.9 Å². The first kappa shape index (κ1) is 13.9. The van der Waals surface area contributed by atoms with E-state index in [1.54, 1.807) is 0 Å². The number of aliphatic hydroxyl groups is 1. The van der Waals surface area contributed by atoms with Crippen LogP contribution >= 0.6 is 0 Å². The van der Waals surface area contributed by atoms with Crippen molar-refractivity contribution in [1.29, 1.82) is 0 Å². The van der Waals surface area contributed by atoms with Gasteiger partial charge >= 0.3 is 0 Å². The fourth-order valence-corrected chi connectivity index (χ4v) is 2.53. The van der Waals surface area contributed by atoms with Crippen LogP contribution in [-0.2, 0) is 0 Å². The number of hydrogen-bond donors (Lipinski definition) is 1. The number of hydrogen-bond acceptors (Lipinski definition) is 3. The van der Waals surface area contributed by atoms with Gasteiger partial charge in [-0.25, -0.2) is 0 Å². The van der Waals surface area contributed by atoms with Crippen LogP contribution in [0.3, 0.4) is 0 Å². The second-order valence-corrected chi connectivity index (χ2v) is 5.33. The number of piperidine rings is 1. The van der Waals surface area contributed by atoms with Gasteiger partial charge in [0.1, 0.15) is 0 Å². The zero-order valence-corrected chi connectivity index (χ0v) is 11.0. The van der Waals surface area contributed by atoms with Crippen molar-refractivity contribution in [2.75, 3.05) is 46.9 Å². The van der Waals surface area contributed by atoms with E-state index < -0.39 is 0 Å². The number of likely N-dealkylation sites (tertiary alicyclic amines) is 1. The third-order valence-electron chi connectivity index (χ3n) is 3.46. The molecule has 1 N–H and O–H groups in total. The fourth-order valence-electron chi connectivity index (χ4n) is 2.53. The normalized spacial score (nSPS) is 19.5. The van der Waals surface area contributed by atoms with Crippen molar-refractivity contribution in [2.24, 2.45) is 5.92 Å². The van der Waals surface area contributed by atoms with Crippen molar-refractivity contribution in [1.82, 2.24) is 9.80 Å². The molecular formula is C13H28N2O. The standard InChI is InChI=1S/C13H28N2O/c1-14(2)12-13-6-9-15(10-7-13)8-4-3-5-11-16/h13,16H,3-12H2,1-2H3. The van der Waals surface area contributed by atoms with E-state index >= 15 is 0 Å². The van der Waals surface area contributed by atoms with Crippen molar-refractivity contribution in [3.8, 4) is 0 Å². The molecule has 1 aliphatic rings. The number of rotatable bonds is 7. The van der Waals surface area contributed by atoms with Gasteiger partial charge in [-0.3, -0.25) is 0 Å². The summed E-state index contributed by atoms with van der Waals surface area (Å²) in [5, 5.41) is 8.70. The van der Waals surface area contributed by atoms with Crippen molar-refractivity contribution >= 4 is 0 Å². The minimum absolute atomic E-state index is 0.352. The quantitative estimate of drug-likeness (QED) is 0.668. The lowest BCUT2D eigenvalue weighted by atomic mass is 9.96. The first-order valence-corrected chi connectivity index (χ1v) is 6.70. The minimum Gasteiger partial charge on any atom is -0.396 e. The smallest absolute Gasteiger partial charge is 0.0431 e. The molecule has 0 spiro atoms. The maximum Gasteiger partial charge on any atom is 0.0431 e. The van der Waals surface area contributed by atoms with Crippen molar-refractivity contribution in [3.63, 3.8) is 0 Å². The topological polar surface area (TPSA) is 26.7 Å². The van der Waals surface area contributed by atoms with Gasteiger partial charge in [0.15, 0.2) is 0 Å². The molecule has 0 radical (unpaired) electrons. The molecule has 0 amide bonds. The summed E-state index contributed by atoms with van der Waals surface area (Å²) in [4.78, 5) is 4.89. The van der Waals surface area contributed by atoms with Gasteiger partial charge in [-0.05, 0) is 71.8 Å². The monoisotopic (exact) mass is 228 g/mol. The lowest BCUT2D eigenvalue weighted by Crippen LogP contribution is -2.37. The molecule has 0 aromatic heterocycles. The Bertz CT molecular complexity index is 165. The van der Waals surface area contributed by atoms with Crippen LogP contribution in [-0.4, -0.2) is 61.8 Å². The van der Waals surface area contributed by atoms with Gasteiger partial charge in [-0.1, -0.05) is 0 Å². The van der Waals surface area contributed by atoms with Crippen molar-refractivity contribution in [2.45, 2.75) is 32.1 Å². The van der Waals surface area contributed by atoms with Crippen LogP contribution in [0.5, 0.6) is 0 Å². The van der Waals surface area contributed by atoms with E-state index in [-0.39, 0.29) is 0 Å². The molecule has 16 heavy (non-hydrogen) atoms. The molecule has 3 nitrogen and oxygen atoms in total. The van der Waals surface area contributed by atoms with Gasteiger partial charge in [-0.2, -0.15) is 0 Å². The highest BCUT2D eigenvalue weighted by molar-refractivity contribution is 4.73. The Kier molecular flexibility index (Phi) is 7.01. The number of aliphatic hydroxyl groups excluding tert-OH is 1. The van der Waals surface area contributed by atoms with E-state index in [0.29, 0.717) is 6.61 Å². The van der Waals surface area contributed by atoms with E-state index in [1.807, 2.05) is 0 Å². The summed E-state index contributed by atoms with van der Waals surface area (Å²) in [6.45, 7) is 5.38. The lowest BCUT2D eigenvalue weighted by molar-refractivity contribution is 0.159. The molecule has 0 saturated carbocycles. The molecule has 0 aromatic rings. The molecule has 1 saturated heterocycles. The van der Waals surface area contributed by atoms with Gasteiger partial charge in [0, 0.05) is 13.2 Å². The summed E-state index contributed by atoms with van der Waals surface area (Å²) in [5.41, 5.74) is 0. The molecule has 0 aromatic carbocycles. The molecule has 0 atom stereocenters. The molecule has 96 valence electrons. The highest BCUT2D eigenvalue weighted by atomic mass is 16.2. The molecule has 0 bridgehead atoms. The Balaban J connectivity index is 2.03. The molecule has 0 unspecified atom stereocenters. The van der Waals surface area contributed by atoms with Gasteiger partial charge < -0.3 is 14.9 Å². The second-order valence-electron chi connectivity index (χ2n) is 5.33. The van der Waals surface area contributed by atoms with E-state index in [9.17, 15) is 0 Å². The van der Waals surface area contributed by atoms with Gasteiger partial charge in [-0.15, -0.1) is 0 Å². The highest BCUT2D eigenvalue weighted by Crippen LogP contribution is 2.18. The molecule has 1 fully saturated rings. The van der Waals surface area contributed by atoms with E-state index in [1.165, 1.54) is 51.9 Å². The van der Waals surface area contributed by atoms with Gasteiger partial charge in [0.05, 0.1) is 0 Å². The zero-order valence-electron chi connectivity index (χ0n) is 11.0. The SMILES string of the molecule is CN(C)CC1CCN(CCCCCO)CC1. The average molecular weight is 228 g/mol. The molecular weight excluding hydrogens is 200 g/mol. The fraction of sp³-hybridized carbons (Fsp3) is 1.00. The Morgan fingerprint density at radius 2 is 1.81 bits per heavy atom. The van der Waals surface area contributed by atoms with E-state index in [4.69, 9.17) is 5.11 Å². The summed E-state index contributed by atoms with van der Waals surface area (Å²) >= 11 is 0. The molecule has 1 heterocycles.